The standard InChI is InChI=1S/C10H16O/c1-4-5-6-9(11)8-7-10(8,2)3/h4,8H,1,5-7H2,2-3H3. The van der Waals surface area contributed by atoms with Crippen LogP contribution in [0.2, 0.25) is 0 Å². The fourth-order valence-corrected chi connectivity index (χ4v) is 1.44. The second-order valence-electron chi connectivity index (χ2n) is 4.04. The van der Waals surface area contributed by atoms with Crippen molar-refractivity contribution in [3.8, 4) is 0 Å². The maximum atomic E-state index is 11.3. The topological polar surface area (TPSA) is 17.1 Å². The van der Waals surface area contributed by atoms with E-state index in [1.165, 1.54) is 0 Å². The molecule has 0 amide bonds. The summed E-state index contributed by atoms with van der Waals surface area (Å²) in [5, 5.41) is 0. The van der Waals surface area contributed by atoms with Gasteiger partial charge in [-0.1, -0.05) is 19.9 Å². The van der Waals surface area contributed by atoms with Crippen LogP contribution in [-0.2, 0) is 4.79 Å². The van der Waals surface area contributed by atoms with Crippen molar-refractivity contribution in [1.29, 1.82) is 0 Å². The van der Waals surface area contributed by atoms with Gasteiger partial charge in [0.25, 0.3) is 0 Å². The average Bonchev–Trinajstić information content (AvgIpc) is 2.55. The molecule has 1 heteroatoms. The summed E-state index contributed by atoms with van der Waals surface area (Å²) in [5.41, 5.74) is 0.304. The third-order valence-corrected chi connectivity index (χ3v) is 2.50. The highest BCUT2D eigenvalue weighted by Crippen LogP contribution is 2.52. The number of allylic oxidation sites excluding steroid dienone is 1. The first kappa shape index (κ1) is 8.51. The Balaban J connectivity index is 2.28. The van der Waals surface area contributed by atoms with Gasteiger partial charge in [0.05, 0.1) is 0 Å². The average molecular weight is 152 g/mol. The minimum absolute atomic E-state index is 0.304. The summed E-state index contributed by atoms with van der Waals surface area (Å²) in [6.07, 6.45) is 4.43. The molecule has 0 spiro atoms. The number of carbonyl (C=O) groups is 1. The first-order valence-electron chi connectivity index (χ1n) is 4.21. The highest BCUT2D eigenvalue weighted by atomic mass is 16.1. The van der Waals surface area contributed by atoms with Gasteiger partial charge in [0.1, 0.15) is 5.78 Å². The summed E-state index contributed by atoms with van der Waals surface area (Å²) >= 11 is 0. The Labute approximate surface area is 68.5 Å². The molecular formula is C10H16O. The van der Waals surface area contributed by atoms with E-state index in [-0.39, 0.29) is 0 Å². The first-order chi connectivity index (χ1) is 5.08. The number of Topliss-reactive ketones (excluding diaryl/α,β-unsaturated/α-hetero) is 1. The molecule has 0 radical (unpaired) electrons. The minimum Gasteiger partial charge on any atom is -0.299 e. The van der Waals surface area contributed by atoms with Crippen molar-refractivity contribution in [3.63, 3.8) is 0 Å². The van der Waals surface area contributed by atoms with Crippen LogP contribution in [-0.4, -0.2) is 5.78 Å². The van der Waals surface area contributed by atoms with Gasteiger partial charge in [0.15, 0.2) is 0 Å². The second-order valence-corrected chi connectivity index (χ2v) is 4.04. The lowest BCUT2D eigenvalue weighted by Gasteiger charge is -2.00. The summed E-state index contributed by atoms with van der Waals surface area (Å²) in [6.45, 7) is 7.91. The summed E-state index contributed by atoms with van der Waals surface area (Å²) in [7, 11) is 0. The molecule has 1 aliphatic carbocycles. The van der Waals surface area contributed by atoms with Crippen molar-refractivity contribution < 1.29 is 4.79 Å². The zero-order valence-electron chi connectivity index (χ0n) is 7.39. The van der Waals surface area contributed by atoms with E-state index in [1.807, 2.05) is 6.08 Å². The smallest absolute Gasteiger partial charge is 0.136 e. The molecule has 1 atom stereocenters. The van der Waals surface area contributed by atoms with Gasteiger partial charge in [-0.3, -0.25) is 4.79 Å². The summed E-state index contributed by atoms with van der Waals surface area (Å²) in [4.78, 5) is 11.3. The quantitative estimate of drug-likeness (QED) is 0.566. The number of ketones is 1. The molecule has 0 aromatic heterocycles. The van der Waals surface area contributed by atoms with E-state index in [9.17, 15) is 4.79 Å². The normalized spacial score (nSPS) is 26.2. The molecule has 1 aliphatic rings. The van der Waals surface area contributed by atoms with E-state index in [4.69, 9.17) is 0 Å². The summed E-state index contributed by atoms with van der Waals surface area (Å²) in [5.74, 6) is 0.775. The molecule has 0 saturated heterocycles. The van der Waals surface area contributed by atoms with Crippen LogP contribution in [0.1, 0.15) is 33.1 Å². The molecule has 1 nitrogen and oxygen atoms in total. The van der Waals surface area contributed by atoms with Crippen LogP contribution in [0.4, 0.5) is 0 Å². The van der Waals surface area contributed by atoms with Crippen molar-refractivity contribution in [1.82, 2.24) is 0 Å². The molecule has 0 N–H and O–H groups in total. The van der Waals surface area contributed by atoms with E-state index < -0.39 is 0 Å². The van der Waals surface area contributed by atoms with Crippen molar-refractivity contribution in [2.45, 2.75) is 33.1 Å². The van der Waals surface area contributed by atoms with E-state index >= 15 is 0 Å². The van der Waals surface area contributed by atoms with Gasteiger partial charge in [-0.15, -0.1) is 6.58 Å². The molecule has 11 heavy (non-hydrogen) atoms. The predicted octanol–water partition coefficient (Wildman–Crippen LogP) is 2.57. The third kappa shape index (κ3) is 1.92. The van der Waals surface area contributed by atoms with Crippen molar-refractivity contribution in [3.05, 3.63) is 12.7 Å². The zero-order chi connectivity index (χ0) is 8.48. The van der Waals surface area contributed by atoms with Gasteiger partial charge >= 0.3 is 0 Å². The number of carbonyl (C=O) groups excluding carboxylic acids is 1. The van der Waals surface area contributed by atoms with E-state index in [0.29, 0.717) is 23.5 Å². The molecule has 0 aromatic carbocycles. The molecular weight excluding hydrogens is 136 g/mol. The monoisotopic (exact) mass is 152 g/mol. The molecule has 0 bridgehead atoms. The number of hydrogen-bond acceptors (Lipinski definition) is 1. The SMILES string of the molecule is C=CCCC(=O)C1CC1(C)C. The minimum atomic E-state index is 0.304. The van der Waals surface area contributed by atoms with Crippen molar-refractivity contribution in [2.24, 2.45) is 11.3 Å². The fourth-order valence-electron chi connectivity index (χ4n) is 1.44. The van der Waals surface area contributed by atoms with Gasteiger partial charge in [-0.2, -0.15) is 0 Å². The van der Waals surface area contributed by atoms with Crippen LogP contribution in [0.15, 0.2) is 12.7 Å². The largest absolute Gasteiger partial charge is 0.299 e. The molecule has 1 fully saturated rings. The maximum Gasteiger partial charge on any atom is 0.136 e. The molecule has 0 aromatic rings. The van der Waals surface area contributed by atoms with Crippen LogP contribution in [0.25, 0.3) is 0 Å². The third-order valence-electron chi connectivity index (χ3n) is 2.50. The Kier molecular flexibility index (Phi) is 2.17. The molecule has 1 rings (SSSR count). The van der Waals surface area contributed by atoms with Crippen LogP contribution in [0.3, 0.4) is 0 Å². The van der Waals surface area contributed by atoms with Gasteiger partial charge in [0.2, 0.25) is 0 Å². The van der Waals surface area contributed by atoms with Gasteiger partial charge in [-0.05, 0) is 18.3 Å². The van der Waals surface area contributed by atoms with E-state index in [2.05, 4.69) is 20.4 Å². The Morgan fingerprint density at radius 1 is 1.73 bits per heavy atom. The van der Waals surface area contributed by atoms with E-state index in [0.717, 1.165) is 12.8 Å². The lowest BCUT2D eigenvalue weighted by molar-refractivity contribution is -0.120. The van der Waals surface area contributed by atoms with Gasteiger partial charge < -0.3 is 0 Å². The molecule has 1 saturated carbocycles. The first-order valence-corrected chi connectivity index (χ1v) is 4.21. The predicted molar refractivity (Wildman–Crippen MR) is 46.3 cm³/mol. The second kappa shape index (κ2) is 2.80. The van der Waals surface area contributed by atoms with Crippen LogP contribution >= 0.6 is 0 Å². The molecule has 62 valence electrons. The fraction of sp³-hybridized carbons (Fsp3) is 0.700. The van der Waals surface area contributed by atoms with Crippen molar-refractivity contribution >= 4 is 5.78 Å². The lowest BCUT2D eigenvalue weighted by Crippen LogP contribution is -2.04. The highest BCUT2D eigenvalue weighted by Gasteiger charge is 2.49. The number of hydrogen-bond donors (Lipinski definition) is 0. The van der Waals surface area contributed by atoms with Crippen LogP contribution < -0.4 is 0 Å². The van der Waals surface area contributed by atoms with Gasteiger partial charge in [-0.25, -0.2) is 0 Å². The Morgan fingerprint density at radius 2 is 2.27 bits per heavy atom. The van der Waals surface area contributed by atoms with Crippen LogP contribution in [0.5, 0.6) is 0 Å². The number of rotatable bonds is 4. The summed E-state index contributed by atoms with van der Waals surface area (Å²) in [6, 6.07) is 0. The van der Waals surface area contributed by atoms with E-state index in [1.54, 1.807) is 0 Å². The lowest BCUT2D eigenvalue weighted by atomic mass is 10.0. The van der Waals surface area contributed by atoms with Gasteiger partial charge in [0, 0.05) is 12.3 Å². The van der Waals surface area contributed by atoms with Crippen LogP contribution in [0, 0.1) is 11.3 Å². The highest BCUT2D eigenvalue weighted by molar-refractivity contribution is 5.84. The Morgan fingerprint density at radius 3 is 2.64 bits per heavy atom. The van der Waals surface area contributed by atoms with Crippen molar-refractivity contribution in [2.75, 3.05) is 0 Å². The zero-order valence-corrected chi connectivity index (χ0v) is 7.39. The molecule has 0 aliphatic heterocycles. The maximum absolute atomic E-state index is 11.3. The Bertz CT molecular complexity index is 179. The Hall–Kier alpha value is -0.590. The summed E-state index contributed by atoms with van der Waals surface area (Å²) < 4.78 is 0. The molecule has 0 heterocycles. The molecule has 1 unspecified atom stereocenters.